The van der Waals surface area contributed by atoms with Crippen LogP contribution in [0, 0.1) is 0 Å². The Morgan fingerprint density at radius 2 is 1.00 bits per heavy atom. The van der Waals surface area contributed by atoms with E-state index in [9.17, 15) is 29.4 Å². The Hall–Kier alpha value is -1.46. The zero-order chi connectivity index (χ0) is 23.4. The molecular weight excluding hydrogens is 440 g/mol. The molecule has 0 N–H and O–H groups in total. The molecule has 11 heteroatoms. The molecule has 0 saturated carbocycles. The number of hydrogen-bond acceptors (Lipinski definition) is 10. The zero-order valence-corrected chi connectivity index (χ0v) is 20.7. The normalized spacial score (nSPS) is 12.3. The number of ether oxygens (including phenoxy) is 4. The van der Waals surface area contributed by atoms with Gasteiger partial charge in [0.05, 0.1) is 37.4 Å². The van der Waals surface area contributed by atoms with E-state index in [2.05, 4.69) is 9.47 Å². The first-order valence-electron chi connectivity index (χ1n) is 9.47. The van der Waals surface area contributed by atoms with Crippen LogP contribution in [0.3, 0.4) is 0 Å². The summed E-state index contributed by atoms with van der Waals surface area (Å²) in [7, 11) is 0. The van der Waals surface area contributed by atoms with Gasteiger partial charge in [0, 0.05) is 12.2 Å². The van der Waals surface area contributed by atoms with E-state index in [0.29, 0.717) is 25.4 Å². The Balaban J connectivity index is -0.000000490. The Kier molecular flexibility index (Phi) is 25.6. The van der Waals surface area contributed by atoms with Crippen molar-refractivity contribution in [2.24, 2.45) is 0 Å². The number of carboxylic acid groups (broad SMARTS) is 2. The first kappa shape index (κ1) is 34.2. The van der Waals surface area contributed by atoms with Crippen molar-refractivity contribution in [2.45, 2.75) is 52.7 Å². The summed E-state index contributed by atoms with van der Waals surface area (Å²) in [6.45, 7) is 8.63. The number of esters is 2. The number of carboxylic acids is 2. The third-order valence-corrected chi connectivity index (χ3v) is 3.32. The van der Waals surface area contributed by atoms with E-state index in [0.717, 1.165) is 25.0 Å². The molecule has 0 aromatic carbocycles. The molecule has 0 spiro atoms. The van der Waals surface area contributed by atoms with Crippen molar-refractivity contribution in [1.29, 1.82) is 0 Å². The molecule has 172 valence electrons. The third-order valence-electron chi connectivity index (χ3n) is 3.32. The van der Waals surface area contributed by atoms with Crippen molar-refractivity contribution >= 4 is 61.6 Å². The smallest absolute Gasteiger partial charge is 0.545 e. The molecule has 2 atom stereocenters. The Morgan fingerprint density at radius 1 is 0.677 bits per heavy atom. The Labute approximate surface area is 212 Å². The summed E-state index contributed by atoms with van der Waals surface area (Å²) >= 11 is 0. The van der Waals surface area contributed by atoms with Crippen LogP contribution in [-0.2, 0) is 38.1 Å². The molecule has 0 amide bonds. The second-order valence-electron chi connectivity index (χ2n) is 5.82. The van der Waals surface area contributed by atoms with Crippen LogP contribution < -0.4 is 10.2 Å². The fourth-order valence-corrected chi connectivity index (χ4v) is 1.39. The van der Waals surface area contributed by atoms with Crippen LogP contribution >= 0.6 is 0 Å². The SMILES string of the molecule is CCC(C)OCCOC(=O)/C=C\C(=O)[O-].CCC(C)OCCOC(=O)/C=C\C(=O)[O-].[Ca+2]. The van der Waals surface area contributed by atoms with Crippen LogP contribution in [0.15, 0.2) is 24.3 Å². The molecule has 0 saturated heterocycles. The summed E-state index contributed by atoms with van der Waals surface area (Å²) in [5, 5.41) is 19.9. The second kappa shape index (κ2) is 23.2. The number of carbonyl (C=O) groups is 4. The van der Waals surface area contributed by atoms with Gasteiger partial charge in [0.15, 0.2) is 0 Å². The van der Waals surface area contributed by atoms with E-state index in [-0.39, 0.29) is 63.2 Å². The number of rotatable bonds is 14. The molecule has 10 nitrogen and oxygen atoms in total. The van der Waals surface area contributed by atoms with Crippen LogP contribution in [0.2, 0.25) is 0 Å². The van der Waals surface area contributed by atoms with E-state index in [1.165, 1.54) is 0 Å². The van der Waals surface area contributed by atoms with Gasteiger partial charge >= 0.3 is 49.7 Å². The molecule has 2 unspecified atom stereocenters. The Morgan fingerprint density at radius 3 is 1.26 bits per heavy atom. The van der Waals surface area contributed by atoms with Crippen molar-refractivity contribution in [1.82, 2.24) is 0 Å². The monoisotopic (exact) mass is 470 g/mol. The average molecular weight is 471 g/mol. The third kappa shape index (κ3) is 28.5. The summed E-state index contributed by atoms with van der Waals surface area (Å²) < 4.78 is 19.8. The van der Waals surface area contributed by atoms with Crippen LogP contribution in [-0.4, -0.2) is 100 Å². The van der Waals surface area contributed by atoms with Gasteiger partial charge in [-0.25, -0.2) is 9.59 Å². The van der Waals surface area contributed by atoms with Gasteiger partial charge in [-0.3, -0.25) is 0 Å². The van der Waals surface area contributed by atoms with Gasteiger partial charge in [0.1, 0.15) is 13.2 Å². The van der Waals surface area contributed by atoms with Crippen molar-refractivity contribution in [3.63, 3.8) is 0 Å². The molecule has 0 heterocycles. The van der Waals surface area contributed by atoms with Crippen LogP contribution in [0.5, 0.6) is 0 Å². The Bertz CT molecular complexity index is 524. The molecule has 0 aromatic rings. The average Bonchev–Trinajstić information content (AvgIpc) is 2.71. The summed E-state index contributed by atoms with van der Waals surface area (Å²) in [5.74, 6) is -4.29. The first-order valence-corrected chi connectivity index (χ1v) is 9.47. The predicted octanol–water partition coefficient (Wildman–Crippen LogP) is -1.08. The van der Waals surface area contributed by atoms with Gasteiger partial charge in [0.2, 0.25) is 0 Å². The minimum absolute atomic E-state index is 0. The molecule has 0 rings (SSSR count). The summed E-state index contributed by atoms with van der Waals surface area (Å²) in [4.78, 5) is 41.5. The maximum absolute atomic E-state index is 10.8. The maximum Gasteiger partial charge on any atom is 2.00 e. The minimum atomic E-state index is -1.43. The summed E-state index contributed by atoms with van der Waals surface area (Å²) in [5.41, 5.74) is 0. The van der Waals surface area contributed by atoms with E-state index < -0.39 is 23.9 Å². The largest absolute Gasteiger partial charge is 2.00 e. The van der Waals surface area contributed by atoms with Gasteiger partial charge in [0.25, 0.3) is 0 Å². The van der Waals surface area contributed by atoms with Gasteiger partial charge in [-0.1, -0.05) is 13.8 Å². The van der Waals surface area contributed by atoms with Crippen LogP contribution in [0.1, 0.15) is 40.5 Å². The zero-order valence-electron chi connectivity index (χ0n) is 18.5. The van der Waals surface area contributed by atoms with E-state index in [4.69, 9.17) is 9.47 Å². The van der Waals surface area contributed by atoms with Crippen molar-refractivity contribution in [3.8, 4) is 0 Å². The van der Waals surface area contributed by atoms with Crippen LogP contribution in [0.25, 0.3) is 0 Å². The fraction of sp³-hybridized carbons (Fsp3) is 0.600. The second-order valence-corrected chi connectivity index (χ2v) is 5.82. The van der Waals surface area contributed by atoms with Gasteiger partial charge in [-0.15, -0.1) is 0 Å². The van der Waals surface area contributed by atoms with E-state index >= 15 is 0 Å². The van der Waals surface area contributed by atoms with Crippen LogP contribution in [0.4, 0.5) is 0 Å². The standard InChI is InChI=1S/2C10H16O5.Ca/c2*1-3-8(2)14-6-7-15-10(13)5-4-9(11)12;/h2*4-5,8H,3,6-7H2,1-2H3,(H,11,12);/q;;+2/p-2/b2*5-4-;. The fourth-order valence-electron chi connectivity index (χ4n) is 1.39. The molecule has 0 aliphatic heterocycles. The molecule has 0 radical (unpaired) electrons. The topological polar surface area (TPSA) is 151 Å². The molecule has 31 heavy (non-hydrogen) atoms. The first-order chi connectivity index (χ1) is 14.1. The predicted molar refractivity (Wildman–Crippen MR) is 107 cm³/mol. The van der Waals surface area contributed by atoms with Crippen molar-refractivity contribution < 1.29 is 48.3 Å². The molecule has 0 aliphatic rings. The van der Waals surface area contributed by atoms with Crippen molar-refractivity contribution in [2.75, 3.05) is 26.4 Å². The van der Waals surface area contributed by atoms with E-state index in [1.807, 2.05) is 27.7 Å². The number of carbonyl (C=O) groups excluding carboxylic acids is 4. The summed E-state index contributed by atoms with van der Waals surface area (Å²) in [6, 6.07) is 0. The molecular formula is C20H30CaO10. The molecule has 0 bridgehead atoms. The van der Waals surface area contributed by atoms with E-state index in [1.54, 1.807) is 0 Å². The molecule has 0 aliphatic carbocycles. The van der Waals surface area contributed by atoms with Crippen molar-refractivity contribution in [3.05, 3.63) is 24.3 Å². The van der Waals surface area contributed by atoms with Gasteiger partial charge in [-0.05, 0) is 38.8 Å². The number of aliphatic carboxylic acids is 2. The molecule has 0 fully saturated rings. The van der Waals surface area contributed by atoms with Gasteiger partial charge in [-0.2, -0.15) is 0 Å². The number of hydrogen-bond donors (Lipinski definition) is 0. The summed E-state index contributed by atoms with van der Waals surface area (Å²) in [6.07, 6.45) is 4.88. The van der Waals surface area contributed by atoms with Gasteiger partial charge < -0.3 is 38.7 Å². The molecule has 0 aromatic heterocycles. The quantitative estimate of drug-likeness (QED) is 0.133. The maximum atomic E-state index is 10.8. The minimum Gasteiger partial charge on any atom is -0.545 e.